The van der Waals surface area contributed by atoms with Crippen molar-refractivity contribution in [3.63, 3.8) is 0 Å². The fourth-order valence-corrected chi connectivity index (χ4v) is 4.59. The minimum Gasteiger partial charge on any atom is -0.381 e. The first kappa shape index (κ1) is 20.5. The SMILES string of the molecule is CC(C1COC1)N(Cc1ccccc1)C(=O)CN1C(=O)N[C@]2(C=Cc3ccccc32)C1=O. The molecule has 7 nitrogen and oxygen atoms in total. The molecule has 164 valence electrons. The van der Waals surface area contributed by atoms with Crippen LogP contribution in [-0.2, 0) is 26.4 Å². The summed E-state index contributed by atoms with van der Waals surface area (Å²) in [5.74, 6) is -0.442. The zero-order chi connectivity index (χ0) is 22.3. The van der Waals surface area contributed by atoms with Gasteiger partial charge < -0.3 is 15.0 Å². The smallest absolute Gasteiger partial charge is 0.326 e. The van der Waals surface area contributed by atoms with Crippen molar-refractivity contribution in [3.8, 4) is 0 Å². The van der Waals surface area contributed by atoms with E-state index in [4.69, 9.17) is 4.74 Å². The molecule has 0 radical (unpaired) electrons. The maximum Gasteiger partial charge on any atom is 0.326 e. The van der Waals surface area contributed by atoms with Crippen LogP contribution in [0.1, 0.15) is 23.6 Å². The van der Waals surface area contributed by atoms with E-state index in [1.54, 1.807) is 11.0 Å². The van der Waals surface area contributed by atoms with Crippen LogP contribution in [0.4, 0.5) is 4.79 Å². The number of nitrogens with zero attached hydrogens (tertiary/aromatic N) is 2. The molecule has 0 aromatic heterocycles. The highest BCUT2D eigenvalue weighted by atomic mass is 16.5. The molecule has 1 aliphatic carbocycles. The van der Waals surface area contributed by atoms with Crippen LogP contribution in [-0.4, -0.2) is 53.4 Å². The van der Waals surface area contributed by atoms with Gasteiger partial charge in [-0.15, -0.1) is 0 Å². The first-order chi connectivity index (χ1) is 15.5. The molecule has 2 fully saturated rings. The van der Waals surface area contributed by atoms with Crippen molar-refractivity contribution in [2.24, 2.45) is 5.92 Å². The number of fused-ring (bicyclic) bond motifs is 2. The van der Waals surface area contributed by atoms with Crippen LogP contribution in [0.25, 0.3) is 6.08 Å². The predicted octanol–water partition coefficient (Wildman–Crippen LogP) is 2.52. The lowest BCUT2D eigenvalue weighted by Gasteiger charge is -2.39. The van der Waals surface area contributed by atoms with E-state index in [2.05, 4.69) is 5.32 Å². The Labute approximate surface area is 186 Å². The fraction of sp³-hybridized carbons (Fsp3) is 0.320. The Morgan fingerprint density at radius 2 is 1.88 bits per heavy atom. The van der Waals surface area contributed by atoms with Crippen LogP contribution < -0.4 is 5.32 Å². The van der Waals surface area contributed by atoms with Gasteiger partial charge in [-0.1, -0.05) is 60.7 Å². The first-order valence-corrected chi connectivity index (χ1v) is 10.8. The molecule has 2 aliphatic heterocycles. The van der Waals surface area contributed by atoms with Gasteiger partial charge in [0.15, 0.2) is 5.54 Å². The summed E-state index contributed by atoms with van der Waals surface area (Å²) in [7, 11) is 0. The second kappa shape index (κ2) is 7.91. The second-order valence-corrected chi connectivity index (χ2v) is 8.60. The van der Waals surface area contributed by atoms with E-state index in [1.807, 2.05) is 67.6 Å². The Kier molecular flexibility index (Phi) is 5.06. The number of imide groups is 1. The topological polar surface area (TPSA) is 79.0 Å². The monoisotopic (exact) mass is 431 g/mol. The fourth-order valence-electron chi connectivity index (χ4n) is 4.59. The number of hydrogen-bond acceptors (Lipinski definition) is 4. The van der Waals surface area contributed by atoms with E-state index in [9.17, 15) is 14.4 Å². The maximum atomic E-state index is 13.4. The average molecular weight is 431 g/mol. The molecule has 2 aromatic rings. The van der Waals surface area contributed by atoms with Gasteiger partial charge in [0, 0.05) is 18.5 Å². The summed E-state index contributed by atoms with van der Waals surface area (Å²) in [6, 6.07) is 16.6. The van der Waals surface area contributed by atoms with Gasteiger partial charge in [0.25, 0.3) is 5.91 Å². The molecule has 2 heterocycles. The summed E-state index contributed by atoms with van der Waals surface area (Å²) in [5, 5.41) is 2.81. The van der Waals surface area contributed by atoms with Gasteiger partial charge in [-0.2, -0.15) is 0 Å². The quantitative estimate of drug-likeness (QED) is 0.713. The number of rotatable bonds is 6. The van der Waals surface area contributed by atoms with Gasteiger partial charge in [0.1, 0.15) is 6.54 Å². The molecule has 4 amide bonds. The normalized spacial score (nSPS) is 22.6. The summed E-state index contributed by atoms with van der Waals surface area (Å²) in [5.41, 5.74) is 1.38. The number of carbonyl (C=O) groups excluding carboxylic acids is 3. The van der Waals surface area contributed by atoms with Gasteiger partial charge in [-0.3, -0.25) is 14.5 Å². The molecule has 5 rings (SSSR count). The van der Waals surface area contributed by atoms with Crippen LogP contribution >= 0.6 is 0 Å². The molecule has 7 heteroatoms. The van der Waals surface area contributed by atoms with E-state index < -0.39 is 17.5 Å². The number of amides is 4. The zero-order valence-electron chi connectivity index (χ0n) is 17.9. The van der Waals surface area contributed by atoms with Crippen LogP contribution in [0.15, 0.2) is 60.7 Å². The highest BCUT2D eigenvalue weighted by Gasteiger charge is 2.54. The molecular formula is C25H25N3O4. The molecular weight excluding hydrogens is 406 g/mol. The van der Waals surface area contributed by atoms with Crippen molar-refractivity contribution >= 4 is 23.9 Å². The van der Waals surface area contributed by atoms with Crippen molar-refractivity contribution in [1.29, 1.82) is 0 Å². The molecule has 2 saturated heterocycles. The predicted molar refractivity (Wildman–Crippen MR) is 118 cm³/mol. The third kappa shape index (κ3) is 3.29. The summed E-state index contributed by atoms with van der Waals surface area (Å²) in [6.45, 7) is 3.32. The van der Waals surface area contributed by atoms with Crippen molar-refractivity contribution in [3.05, 3.63) is 77.4 Å². The van der Waals surface area contributed by atoms with Gasteiger partial charge >= 0.3 is 6.03 Å². The van der Waals surface area contributed by atoms with E-state index in [1.165, 1.54) is 0 Å². The summed E-state index contributed by atoms with van der Waals surface area (Å²) in [4.78, 5) is 42.4. The van der Waals surface area contributed by atoms with Gasteiger partial charge in [-0.05, 0) is 29.7 Å². The van der Waals surface area contributed by atoms with Crippen molar-refractivity contribution < 1.29 is 19.1 Å². The van der Waals surface area contributed by atoms with Crippen LogP contribution in [0.5, 0.6) is 0 Å². The number of carbonyl (C=O) groups is 3. The van der Waals surface area contributed by atoms with Gasteiger partial charge in [-0.25, -0.2) is 4.79 Å². The van der Waals surface area contributed by atoms with Gasteiger partial charge in [0.05, 0.1) is 13.2 Å². The molecule has 0 bridgehead atoms. The molecule has 1 spiro atoms. The van der Waals surface area contributed by atoms with Crippen LogP contribution in [0.3, 0.4) is 0 Å². The zero-order valence-corrected chi connectivity index (χ0v) is 17.9. The molecule has 1 unspecified atom stereocenters. The number of nitrogens with one attached hydrogen (secondary N) is 1. The lowest BCUT2D eigenvalue weighted by molar-refractivity contribution is -0.144. The minimum atomic E-state index is -1.23. The largest absolute Gasteiger partial charge is 0.381 e. The number of ether oxygens (including phenoxy) is 1. The molecule has 3 aliphatic rings. The summed E-state index contributed by atoms with van der Waals surface area (Å²) >= 11 is 0. The Morgan fingerprint density at radius 1 is 1.16 bits per heavy atom. The number of urea groups is 1. The standard InChI is InChI=1S/C25H25N3O4/c1-17(20-15-32-16-20)27(13-18-7-3-2-4-8-18)22(29)14-28-23(30)25(26-24(28)31)12-11-19-9-5-6-10-21(19)25/h2-12,17,20H,13-16H2,1H3,(H,26,31)/t17?,25-/m0/s1. The second-order valence-electron chi connectivity index (χ2n) is 8.60. The summed E-state index contributed by atoms with van der Waals surface area (Å²) in [6.07, 6.45) is 3.54. The average Bonchev–Trinajstić information content (AvgIpc) is 3.24. The highest BCUT2D eigenvalue weighted by molar-refractivity contribution is 6.12. The number of hydrogen-bond donors (Lipinski definition) is 1. The van der Waals surface area contributed by atoms with Crippen molar-refractivity contribution in [2.75, 3.05) is 19.8 Å². The Hall–Kier alpha value is -3.45. The maximum absolute atomic E-state index is 13.4. The Bertz CT molecular complexity index is 1100. The van der Waals surface area contributed by atoms with E-state index >= 15 is 0 Å². The molecule has 0 saturated carbocycles. The van der Waals surface area contributed by atoms with E-state index in [-0.39, 0.29) is 24.4 Å². The highest BCUT2D eigenvalue weighted by Crippen LogP contribution is 2.38. The molecule has 32 heavy (non-hydrogen) atoms. The van der Waals surface area contributed by atoms with Crippen molar-refractivity contribution in [1.82, 2.24) is 15.1 Å². The van der Waals surface area contributed by atoms with Gasteiger partial charge in [0.2, 0.25) is 5.91 Å². The lowest BCUT2D eigenvalue weighted by atomic mass is 9.92. The number of benzene rings is 2. The summed E-state index contributed by atoms with van der Waals surface area (Å²) < 4.78 is 5.33. The lowest BCUT2D eigenvalue weighted by Crippen LogP contribution is -2.52. The minimum absolute atomic E-state index is 0.0710. The molecule has 1 N–H and O–H groups in total. The Morgan fingerprint density at radius 3 is 2.59 bits per heavy atom. The van der Waals surface area contributed by atoms with Crippen molar-refractivity contribution in [2.45, 2.75) is 25.0 Å². The molecule has 2 atom stereocenters. The third-order valence-corrected chi connectivity index (χ3v) is 6.68. The molecule has 2 aromatic carbocycles. The van der Waals surface area contributed by atoms with E-state index in [0.717, 1.165) is 21.6 Å². The third-order valence-electron chi connectivity index (χ3n) is 6.68. The van der Waals surface area contributed by atoms with Crippen LogP contribution in [0, 0.1) is 5.92 Å². The first-order valence-electron chi connectivity index (χ1n) is 10.8. The van der Waals surface area contributed by atoms with E-state index in [0.29, 0.717) is 19.8 Å². The van der Waals surface area contributed by atoms with Crippen LogP contribution in [0.2, 0.25) is 0 Å². The Balaban J connectivity index is 1.38.